The molecule has 0 fully saturated rings. The van der Waals surface area contributed by atoms with Crippen molar-refractivity contribution in [3.05, 3.63) is 0 Å². The van der Waals surface area contributed by atoms with Crippen LogP contribution in [0, 0.1) is 11.3 Å². The van der Waals surface area contributed by atoms with Crippen LogP contribution >= 0.6 is 0 Å². The molecular weight excluding hydrogens is 146 g/mol. The zero-order valence-corrected chi connectivity index (χ0v) is 9.81. The highest BCUT2D eigenvalue weighted by molar-refractivity contribution is 4.77. The molecule has 0 saturated carbocycles. The van der Waals surface area contributed by atoms with Gasteiger partial charge in [-0.2, -0.15) is 0 Å². The molecule has 0 amide bonds. The normalized spacial score (nSPS) is 15.8. The molecule has 0 rings (SSSR count). The Morgan fingerprint density at radius 2 is 1.50 bits per heavy atom. The first kappa shape index (κ1) is 12.0. The molecule has 0 aromatic rings. The van der Waals surface area contributed by atoms with Crippen molar-refractivity contribution >= 4 is 0 Å². The second-order valence-electron chi connectivity index (χ2n) is 5.38. The minimum absolute atomic E-state index is 0.393. The summed E-state index contributed by atoms with van der Waals surface area (Å²) in [7, 11) is 2.22. The molecule has 0 aromatic heterocycles. The minimum atomic E-state index is 0.393. The van der Waals surface area contributed by atoms with Crippen molar-refractivity contribution in [3.63, 3.8) is 0 Å². The summed E-state index contributed by atoms with van der Waals surface area (Å²) in [6, 6.07) is 0.653. The Morgan fingerprint density at radius 1 is 1.08 bits per heavy atom. The number of hydrogen-bond acceptors (Lipinski definition) is 1. The van der Waals surface area contributed by atoms with Crippen molar-refractivity contribution in [1.29, 1.82) is 0 Å². The molecule has 74 valence electrons. The summed E-state index contributed by atoms with van der Waals surface area (Å²) < 4.78 is 0. The molecule has 1 unspecified atom stereocenters. The summed E-state index contributed by atoms with van der Waals surface area (Å²) in [6.07, 6.45) is 0. The Bertz CT molecular complexity index is 121. The SMILES string of the molecule is CC(C)CN(C)C(C)C(C)(C)C. The van der Waals surface area contributed by atoms with Gasteiger partial charge >= 0.3 is 0 Å². The van der Waals surface area contributed by atoms with Gasteiger partial charge in [0.25, 0.3) is 0 Å². The van der Waals surface area contributed by atoms with Gasteiger partial charge in [0.15, 0.2) is 0 Å². The van der Waals surface area contributed by atoms with Gasteiger partial charge in [0.1, 0.15) is 0 Å². The van der Waals surface area contributed by atoms with E-state index in [0.717, 1.165) is 5.92 Å². The van der Waals surface area contributed by atoms with E-state index in [1.165, 1.54) is 6.54 Å². The van der Waals surface area contributed by atoms with Crippen LogP contribution < -0.4 is 0 Å². The lowest BCUT2D eigenvalue weighted by molar-refractivity contribution is 0.128. The Morgan fingerprint density at radius 3 is 1.75 bits per heavy atom. The summed E-state index contributed by atoms with van der Waals surface area (Å²) in [4.78, 5) is 2.45. The van der Waals surface area contributed by atoms with Crippen LogP contribution in [0.1, 0.15) is 41.5 Å². The number of hydrogen-bond donors (Lipinski definition) is 0. The maximum Gasteiger partial charge on any atom is 0.0112 e. The molecular formula is C11H25N. The summed E-state index contributed by atoms with van der Waals surface area (Å²) in [5, 5.41) is 0. The topological polar surface area (TPSA) is 3.24 Å². The van der Waals surface area contributed by atoms with Crippen molar-refractivity contribution in [3.8, 4) is 0 Å². The average Bonchev–Trinajstić information content (AvgIpc) is 1.82. The first-order chi connectivity index (χ1) is 5.25. The first-order valence-electron chi connectivity index (χ1n) is 4.95. The van der Waals surface area contributed by atoms with Gasteiger partial charge < -0.3 is 4.90 Å². The van der Waals surface area contributed by atoms with Crippen LogP contribution in [0.5, 0.6) is 0 Å². The Labute approximate surface area is 78.1 Å². The highest BCUT2D eigenvalue weighted by Gasteiger charge is 2.23. The fourth-order valence-corrected chi connectivity index (χ4v) is 1.40. The second kappa shape index (κ2) is 4.27. The second-order valence-corrected chi connectivity index (χ2v) is 5.38. The van der Waals surface area contributed by atoms with E-state index in [-0.39, 0.29) is 0 Å². The molecule has 0 bridgehead atoms. The lowest BCUT2D eigenvalue weighted by Crippen LogP contribution is -2.41. The quantitative estimate of drug-likeness (QED) is 0.631. The van der Waals surface area contributed by atoms with E-state index in [1.807, 2.05) is 0 Å². The summed E-state index contributed by atoms with van der Waals surface area (Å²) >= 11 is 0. The maximum absolute atomic E-state index is 2.45. The molecule has 0 spiro atoms. The molecule has 1 atom stereocenters. The van der Waals surface area contributed by atoms with Gasteiger partial charge in [-0.05, 0) is 25.3 Å². The van der Waals surface area contributed by atoms with E-state index in [9.17, 15) is 0 Å². The Balaban J connectivity index is 4.01. The smallest absolute Gasteiger partial charge is 0.0112 e. The summed E-state index contributed by atoms with van der Waals surface area (Å²) in [5.41, 5.74) is 0.393. The van der Waals surface area contributed by atoms with Crippen molar-refractivity contribution in [2.45, 2.75) is 47.6 Å². The van der Waals surface area contributed by atoms with Crippen molar-refractivity contribution in [1.82, 2.24) is 4.90 Å². The van der Waals surface area contributed by atoms with Crippen LogP contribution in [0.3, 0.4) is 0 Å². The highest BCUT2D eigenvalue weighted by atomic mass is 15.1. The molecule has 12 heavy (non-hydrogen) atoms. The third-order valence-electron chi connectivity index (χ3n) is 2.57. The van der Waals surface area contributed by atoms with E-state index in [0.29, 0.717) is 11.5 Å². The van der Waals surface area contributed by atoms with Gasteiger partial charge in [-0.25, -0.2) is 0 Å². The van der Waals surface area contributed by atoms with Gasteiger partial charge in [0.2, 0.25) is 0 Å². The average molecular weight is 171 g/mol. The Kier molecular flexibility index (Phi) is 4.25. The standard InChI is InChI=1S/C11H25N/c1-9(2)8-12(7)10(3)11(4,5)6/h9-10H,8H2,1-7H3. The molecule has 1 nitrogen and oxygen atoms in total. The minimum Gasteiger partial charge on any atom is -0.303 e. The molecule has 0 saturated heterocycles. The van der Waals surface area contributed by atoms with Gasteiger partial charge in [0.05, 0.1) is 0 Å². The lowest BCUT2D eigenvalue weighted by atomic mass is 9.87. The predicted octanol–water partition coefficient (Wildman–Crippen LogP) is 3.01. The van der Waals surface area contributed by atoms with Crippen molar-refractivity contribution in [2.75, 3.05) is 13.6 Å². The first-order valence-corrected chi connectivity index (χ1v) is 4.95. The lowest BCUT2D eigenvalue weighted by Gasteiger charge is -2.36. The summed E-state index contributed by atoms with van der Waals surface area (Å²) in [6.45, 7) is 14.9. The molecule has 0 aliphatic rings. The number of nitrogens with zero attached hydrogens (tertiary/aromatic N) is 1. The third-order valence-corrected chi connectivity index (χ3v) is 2.57. The van der Waals surface area contributed by atoms with E-state index >= 15 is 0 Å². The van der Waals surface area contributed by atoms with E-state index in [1.54, 1.807) is 0 Å². The zero-order chi connectivity index (χ0) is 9.94. The molecule has 0 radical (unpaired) electrons. The molecule has 1 heteroatoms. The third kappa shape index (κ3) is 4.10. The van der Waals surface area contributed by atoms with Crippen LogP contribution in [0.4, 0.5) is 0 Å². The molecule has 0 aliphatic carbocycles. The highest BCUT2D eigenvalue weighted by Crippen LogP contribution is 2.23. The van der Waals surface area contributed by atoms with Crippen LogP contribution in [-0.2, 0) is 0 Å². The van der Waals surface area contributed by atoms with Gasteiger partial charge in [-0.3, -0.25) is 0 Å². The fraction of sp³-hybridized carbons (Fsp3) is 1.00. The van der Waals surface area contributed by atoms with Gasteiger partial charge in [-0.1, -0.05) is 34.6 Å². The fourth-order valence-electron chi connectivity index (χ4n) is 1.40. The largest absolute Gasteiger partial charge is 0.303 e. The van der Waals surface area contributed by atoms with Gasteiger partial charge in [0, 0.05) is 12.6 Å². The van der Waals surface area contributed by atoms with Crippen molar-refractivity contribution < 1.29 is 0 Å². The van der Waals surface area contributed by atoms with E-state index in [2.05, 4.69) is 53.5 Å². The monoisotopic (exact) mass is 171 g/mol. The molecule has 0 aliphatic heterocycles. The predicted molar refractivity (Wildman–Crippen MR) is 56.4 cm³/mol. The van der Waals surface area contributed by atoms with E-state index in [4.69, 9.17) is 0 Å². The van der Waals surface area contributed by atoms with Crippen LogP contribution in [-0.4, -0.2) is 24.5 Å². The molecule has 0 N–H and O–H groups in total. The van der Waals surface area contributed by atoms with Crippen LogP contribution in [0.15, 0.2) is 0 Å². The molecule has 0 aromatic carbocycles. The summed E-state index contributed by atoms with van der Waals surface area (Å²) in [5.74, 6) is 0.764. The number of rotatable bonds is 3. The Hall–Kier alpha value is -0.0400. The maximum atomic E-state index is 2.45. The van der Waals surface area contributed by atoms with Crippen LogP contribution in [0.2, 0.25) is 0 Å². The van der Waals surface area contributed by atoms with Crippen LogP contribution in [0.25, 0.3) is 0 Å². The zero-order valence-electron chi connectivity index (χ0n) is 9.81. The van der Waals surface area contributed by atoms with Gasteiger partial charge in [-0.15, -0.1) is 0 Å². The van der Waals surface area contributed by atoms with E-state index < -0.39 is 0 Å². The molecule has 0 heterocycles. The van der Waals surface area contributed by atoms with Crippen molar-refractivity contribution in [2.24, 2.45) is 11.3 Å².